The fourth-order valence-electron chi connectivity index (χ4n) is 3.66. The number of nitrogens with one attached hydrogen (secondary N) is 2. The zero-order chi connectivity index (χ0) is 15.7. The van der Waals surface area contributed by atoms with Crippen LogP contribution in [0.5, 0.6) is 0 Å². The van der Waals surface area contributed by atoms with E-state index in [1.54, 1.807) is 0 Å². The van der Waals surface area contributed by atoms with Crippen LogP contribution in [0.25, 0.3) is 0 Å². The number of rotatable bonds is 5. The average Bonchev–Trinajstić information content (AvgIpc) is 3.05. The van der Waals surface area contributed by atoms with Gasteiger partial charge < -0.3 is 15.4 Å². The number of hydrogen-bond acceptors (Lipinski definition) is 3. The van der Waals surface area contributed by atoms with Gasteiger partial charge in [0.15, 0.2) is 0 Å². The van der Waals surface area contributed by atoms with Crippen LogP contribution in [0, 0.1) is 5.41 Å². The van der Waals surface area contributed by atoms with Crippen molar-refractivity contribution in [3.8, 4) is 0 Å². The number of benzene rings is 1. The zero-order valence-corrected chi connectivity index (χ0v) is 13.7. The number of fused-ring (bicyclic) bond motifs is 2. The van der Waals surface area contributed by atoms with Gasteiger partial charge in [-0.25, -0.2) is 0 Å². The second kappa shape index (κ2) is 5.92. The van der Waals surface area contributed by atoms with E-state index in [1.165, 1.54) is 0 Å². The lowest BCUT2D eigenvalue weighted by Gasteiger charge is -2.29. The van der Waals surface area contributed by atoms with E-state index in [0.29, 0.717) is 18.7 Å². The molecular formula is C18H26N2O2. The maximum Gasteiger partial charge on any atom is 0.228 e. The fraction of sp³-hybridized carbons (Fsp3) is 0.611. The molecule has 120 valence electrons. The summed E-state index contributed by atoms with van der Waals surface area (Å²) in [6, 6.07) is 8.62. The Kier molecular flexibility index (Phi) is 4.13. The van der Waals surface area contributed by atoms with Crippen molar-refractivity contribution in [2.24, 2.45) is 5.41 Å². The Balaban J connectivity index is 1.59. The van der Waals surface area contributed by atoms with Crippen LogP contribution in [0.1, 0.15) is 45.6 Å². The second-order valence-corrected chi connectivity index (χ2v) is 7.13. The summed E-state index contributed by atoms with van der Waals surface area (Å²) in [6.45, 7) is 6.84. The van der Waals surface area contributed by atoms with E-state index in [1.807, 2.05) is 19.1 Å². The molecule has 0 aromatic heterocycles. The van der Waals surface area contributed by atoms with Gasteiger partial charge in [-0.2, -0.15) is 0 Å². The third kappa shape index (κ3) is 2.98. The van der Waals surface area contributed by atoms with Gasteiger partial charge in [-0.1, -0.05) is 12.1 Å². The summed E-state index contributed by atoms with van der Waals surface area (Å²) < 4.78 is 5.85. The quantitative estimate of drug-likeness (QED) is 0.879. The lowest BCUT2D eigenvalue weighted by Crippen LogP contribution is -2.44. The molecule has 1 aromatic carbocycles. The second-order valence-electron chi connectivity index (χ2n) is 7.13. The molecular weight excluding hydrogens is 276 g/mol. The Hall–Kier alpha value is -1.55. The van der Waals surface area contributed by atoms with Gasteiger partial charge in [-0.3, -0.25) is 4.79 Å². The standard InChI is InChI=1S/C18H26N2O2/c1-12(2)20-14-6-4-5-13(9-14)11-19-17(21)18(3)10-15-7-8-16(18)22-15/h4-6,9,12,15-16,20H,7-8,10-11H2,1-3H3,(H,19,21). The highest BCUT2D eigenvalue weighted by Gasteiger charge is 2.53. The number of ether oxygens (including phenoxy) is 1. The Morgan fingerprint density at radius 2 is 2.23 bits per heavy atom. The topological polar surface area (TPSA) is 50.4 Å². The summed E-state index contributed by atoms with van der Waals surface area (Å²) >= 11 is 0. The molecule has 2 saturated heterocycles. The van der Waals surface area contributed by atoms with Gasteiger partial charge in [-0.05, 0) is 57.7 Å². The molecule has 0 spiro atoms. The van der Waals surface area contributed by atoms with E-state index in [2.05, 4.69) is 36.6 Å². The highest BCUT2D eigenvalue weighted by Crippen LogP contribution is 2.47. The maximum absolute atomic E-state index is 12.6. The van der Waals surface area contributed by atoms with Gasteiger partial charge >= 0.3 is 0 Å². The van der Waals surface area contributed by atoms with E-state index in [-0.39, 0.29) is 17.4 Å². The van der Waals surface area contributed by atoms with Crippen molar-refractivity contribution in [2.45, 2.75) is 64.8 Å². The van der Waals surface area contributed by atoms with Gasteiger partial charge in [0.05, 0.1) is 17.6 Å². The minimum Gasteiger partial charge on any atom is -0.383 e. The van der Waals surface area contributed by atoms with Gasteiger partial charge in [0.25, 0.3) is 0 Å². The molecule has 1 aromatic rings. The van der Waals surface area contributed by atoms with E-state index in [4.69, 9.17) is 4.74 Å². The maximum atomic E-state index is 12.6. The number of hydrogen-bond donors (Lipinski definition) is 2. The highest BCUT2D eigenvalue weighted by molar-refractivity contribution is 5.83. The molecule has 0 radical (unpaired) electrons. The average molecular weight is 302 g/mol. The molecule has 3 rings (SSSR count). The Morgan fingerprint density at radius 1 is 1.41 bits per heavy atom. The summed E-state index contributed by atoms with van der Waals surface area (Å²) in [5, 5.41) is 6.48. The molecule has 0 saturated carbocycles. The Morgan fingerprint density at radius 3 is 2.86 bits per heavy atom. The normalized spacial score (nSPS) is 29.8. The van der Waals surface area contributed by atoms with Crippen molar-refractivity contribution in [1.29, 1.82) is 0 Å². The summed E-state index contributed by atoms with van der Waals surface area (Å²) in [4.78, 5) is 12.6. The van der Waals surface area contributed by atoms with Crippen LogP contribution in [-0.4, -0.2) is 24.2 Å². The Labute approximate surface area is 132 Å². The molecule has 2 N–H and O–H groups in total. The number of carbonyl (C=O) groups excluding carboxylic acids is 1. The van der Waals surface area contributed by atoms with E-state index < -0.39 is 0 Å². The third-order valence-corrected chi connectivity index (χ3v) is 4.82. The van der Waals surface area contributed by atoms with Gasteiger partial charge in [0.1, 0.15) is 0 Å². The van der Waals surface area contributed by atoms with E-state index in [0.717, 1.165) is 30.5 Å². The van der Waals surface area contributed by atoms with Crippen molar-refractivity contribution in [1.82, 2.24) is 5.32 Å². The number of amides is 1. The molecule has 4 heteroatoms. The first kappa shape index (κ1) is 15.3. The van der Waals surface area contributed by atoms with Crippen LogP contribution in [0.3, 0.4) is 0 Å². The fourth-order valence-corrected chi connectivity index (χ4v) is 3.66. The van der Waals surface area contributed by atoms with Crippen molar-refractivity contribution in [2.75, 3.05) is 5.32 Å². The molecule has 0 aliphatic carbocycles. The van der Waals surface area contributed by atoms with Crippen molar-refractivity contribution < 1.29 is 9.53 Å². The summed E-state index contributed by atoms with van der Waals surface area (Å²) in [6.07, 6.45) is 3.38. The van der Waals surface area contributed by atoms with Crippen LogP contribution in [-0.2, 0) is 16.1 Å². The van der Waals surface area contributed by atoms with Crippen molar-refractivity contribution >= 4 is 11.6 Å². The molecule has 2 aliphatic rings. The molecule has 4 nitrogen and oxygen atoms in total. The minimum absolute atomic E-state index is 0.103. The number of carbonyl (C=O) groups is 1. The SMILES string of the molecule is CC(C)Nc1cccc(CNC(=O)C2(C)CC3CCC2O3)c1. The molecule has 3 unspecified atom stereocenters. The summed E-state index contributed by atoms with van der Waals surface area (Å²) in [5.74, 6) is 0.127. The molecule has 2 fully saturated rings. The van der Waals surface area contributed by atoms with Gasteiger partial charge in [-0.15, -0.1) is 0 Å². The van der Waals surface area contributed by atoms with E-state index >= 15 is 0 Å². The van der Waals surface area contributed by atoms with Crippen molar-refractivity contribution in [3.63, 3.8) is 0 Å². The minimum atomic E-state index is -0.350. The van der Waals surface area contributed by atoms with Gasteiger partial charge in [0, 0.05) is 18.3 Å². The van der Waals surface area contributed by atoms with Crippen LogP contribution in [0.4, 0.5) is 5.69 Å². The molecule has 2 aliphatic heterocycles. The molecule has 22 heavy (non-hydrogen) atoms. The van der Waals surface area contributed by atoms with Crippen LogP contribution in [0.15, 0.2) is 24.3 Å². The predicted octanol–water partition coefficient (Wildman–Crippen LogP) is 3.08. The van der Waals surface area contributed by atoms with Crippen LogP contribution < -0.4 is 10.6 Å². The first-order valence-electron chi connectivity index (χ1n) is 8.26. The first-order valence-corrected chi connectivity index (χ1v) is 8.26. The van der Waals surface area contributed by atoms with Crippen LogP contribution >= 0.6 is 0 Å². The largest absolute Gasteiger partial charge is 0.383 e. The predicted molar refractivity (Wildman–Crippen MR) is 87.7 cm³/mol. The third-order valence-electron chi connectivity index (χ3n) is 4.82. The van der Waals surface area contributed by atoms with Crippen molar-refractivity contribution in [3.05, 3.63) is 29.8 Å². The van der Waals surface area contributed by atoms with Crippen LogP contribution in [0.2, 0.25) is 0 Å². The molecule has 1 amide bonds. The van der Waals surface area contributed by atoms with E-state index in [9.17, 15) is 4.79 Å². The number of anilines is 1. The monoisotopic (exact) mass is 302 g/mol. The Bertz CT molecular complexity index is 558. The highest BCUT2D eigenvalue weighted by atomic mass is 16.5. The van der Waals surface area contributed by atoms with Gasteiger partial charge in [0.2, 0.25) is 5.91 Å². The molecule has 3 atom stereocenters. The lowest BCUT2D eigenvalue weighted by molar-refractivity contribution is -0.133. The lowest BCUT2D eigenvalue weighted by atomic mass is 9.75. The summed E-state index contributed by atoms with van der Waals surface area (Å²) in [5.41, 5.74) is 1.86. The summed E-state index contributed by atoms with van der Waals surface area (Å²) in [7, 11) is 0. The molecule has 2 heterocycles. The smallest absolute Gasteiger partial charge is 0.228 e. The zero-order valence-electron chi connectivity index (χ0n) is 13.7. The first-order chi connectivity index (χ1) is 10.5. The molecule has 2 bridgehead atoms.